The van der Waals surface area contributed by atoms with E-state index in [1.165, 1.54) is 5.56 Å². The molecule has 15 unspecified atom stereocenters. The van der Waals surface area contributed by atoms with E-state index in [2.05, 4.69) is 41.8 Å². The molecule has 348 valence electrons. The average molecular weight is 885 g/mol. The summed E-state index contributed by atoms with van der Waals surface area (Å²) >= 11 is 0. The lowest BCUT2D eigenvalue weighted by Gasteiger charge is -2.70. The van der Waals surface area contributed by atoms with Crippen LogP contribution in [0.1, 0.15) is 114 Å². The van der Waals surface area contributed by atoms with Gasteiger partial charge in [-0.2, -0.15) is 0 Å². The summed E-state index contributed by atoms with van der Waals surface area (Å²) < 4.78 is 32.9. The van der Waals surface area contributed by atoms with Gasteiger partial charge in [0.25, 0.3) is 0 Å². The second-order valence-electron chi connectivity index (χ2n) is 22.4. The predicted molar refractivity (Wildman–Crippen MR) is 231 cm³/mol. The molecule has 11 rings (SSSR count). The van der Waals surface area contributed by atoms with E-state index < -0.39 is 69.9 Å². The number of cyclic esters (lactones) is 2. The van der Waals surface area contributed by atoms with Crippen molar-refractivity contribution in [2.75, 3.05) is 26.4 Å². The SMILES string of the molecule is CC1(C)OC2CC(=O)OCC23C1C(=O)C(O)C1(C2CCCC(Cc4ccccc4)C2)C3CCC2(C)C(c3ccoc3CC(C(O)CO)C3CCC(C4CNCN4)CC3)OC(=O)C3OC321. The van der Waals surface area contributed by atoms with Gasteiger partial charge >= 0.3 is 11.9 Å². The minimum Gasteiger partial charge on any atom is -0.469 e. The Morgan fingerprint density at radius 3 is 2.48 bits per heavy atom. The Morgan fingerprint density at radius 2 is 1.73 bits per heavy atom. The van der Waals surface area contributed by atoms with Crippen LogP contribution in [0, 0.1) is 57.7 Å². The highest BCUT2D eigenvalue weighted by Crippen LogP contribution is 2.82. The fraction of sp³-hybridized carbons (Fsp3) is 0.745. The molecule has 0 amide bonds. The number of epoxide rings is 1. The molecular formula is C51H68N2O11. The van der Waals surface area contributed by atoms with Gasteiger partial charge in [-0.25, -0.2) is 4.79 Å². The fourth-order valence-electron chi connectivity index (χ4n) is 16.8. The van der Waals surface area contributed by atoms with Crippen molar-refractivity contribution in [1.29, 1.82) is 0 Å². The minimum absolute atomic E-state index is 0.0113. The third-order valence-corrected chi connectivity index (χ3v) is 19.3. The summed E-state index contributed by atoms with van der Waals surface area (Å²) in [7, 11) is 0. The zero-order valence-corrected chi connectivity index (χ0v) is 37.7. The number of rotatable bonds is 10. The zero-order valence-electron chi connectivity index (χ0n) is 37.7. The molecule has 4 saturated carbocycles. The van der Waals surface area contributed by atoms with Crippen LogP contribution in [0.5, 0.6) is 0 Å². The monoisotopic (exact) mass is 884 g/mol. The van der Waals surface area contributed by atoms with Crippen molar-refractivity contribution in [3.63, 3.8) is 0 Å². The van der Waals surface area contributed by atoms with E-state index in [0.29, 0.717) is 42.5 Å². The molecule has 6 heterocycles. The second kappa shape index (κ2) is 15.7. The van der Waals surface area contributed by atoms with Crippen LogP contribution >= 0.6 is 0 Å². The van der Waals surface area contributed by atoms with E-state index in [-0.39, 0.29) is 61.0 Å². The maximum atomic E-state index is 15.6. The Bertz CT molecular complexity index is 2110. The molecule has 4 aliphatic carbocycles. The number of benzene rings is 1. The Labute approximate surface area is 376 Å². The fourth-order valence-corrected chi connectivity index (χ4v) is 16.8. The van der Waals surface area contributed by atoms with Crippen LogP contribution in [0.2, 0.25) is 0 Å². The van der Waals surface area contributed by atoms with Crippen molar-refractivity contribution in [1.82, 2.24) is 10.6 Å². The lowest BCUT2D eigenvalue weighted by atomic mass is 9.32. The molecule has 15 atom stereocenters. The summed E-state index contributed by atoms with van der Waals surface area (Å²) in [6, 6.07) is 12.8. The van der Waals surface area contributed by atoms with Gasteiger partial charge in [0.15, 0.2) is 11.9 Å². The molecule has 2 aromatic rings. The number of ketones is 1. The Morgan fingerprint density at radius 1 is 0.938 bits per heavy atom. The number of esters is 2. The van der Waals surface area contributed by atoms with Crippen molar-refractivity contribution < 1.29 is 53.1 Å². The highest BCUT2D eigenvalue weighted by atomic mass is 16.7. The standard InChI is InChI=1S/C51H68N2O11/c1-47(2)42-41(57)43(58)50(32-11-7-10-29(21-32)20-28-8-5-4-6-9-28)38(49(42)26-61-40(56)23-39(49)63-47)16-18-48(3)44(62-46(59)45-51(48,50)64-45)33-17-19-60-37(33)22-34(36(55)25-54)30-12-14-31(15-13-30)35-24-52-27-53-35/h4-6,8-9,17,19,29-32,34-36,38-39,42-45,52-55,58H,7,10-16,18,20-27H2,1-3H3. The number of Topliss-reactive ketones (excluding diaryl/α,β-unsaturated/α-hetero) is 1. The van der Waals surface area contributed by atoms with Crippen molar-refractivity contribution in [3.8, 4) is 0 Å². The van der Waals surface area contributed by atoms with Gasteiger partial charge < -0.3 is 49.3 Å². The number of hydrogen-bond acceptors (Lipinski definition) is 13. The summed E-state index contributed by atoms with van der Waals surface area (Å²) in [5, 5.41) is 42.2. The molecule has 5 aliphatic heterocycles. The van der Waals surface area contributed by atoms with Gasteiger partial charge in [0, 0.05) is 47.5 Å². The van der Waals surface area contributed by atoms with E-state index in [4.69, 9.17) is 23.4 Å². The Kier molecular flexibility index (Phi) is 10.6. The summed E-state index contributed by atoms with van der Waals surface area (Å²) in [6.45, 7) is 7.37. The summed E-state index contributed by atoms with van der Waals surface area (Å²) in [5.41, 5.74) is -3.40. The third kappa shape index (κ3) is 6.08. The van der Waals surface area contributed by atoms with Gasteiger partial charge in [-0.05, 0) is 119 Å². The highest BCUT2D eigenvalue weighted by molar-refractivity contribution is 5.92. The number of carbonyl (C=O) groups is 3. The van der Waals surface area contributed by atoms with E-state index >= 15 is 4.79 Å². The van der Waals surface area contributed by atoms with Crippen LogP contribution in [0.25, 0.3) is 0 Å². The van der Waals surface area contributed by atoms with Crippen molar-refractivity contribution in [3.05, 3.63) is 59.5 Å². The van der Waals surface area contributed by atoms with E-state index in [0.717, 1.165) is 71.0 Å². The van der Waals surface area contributed by atoms with E-state index in [9.17, 15) is 24.9 Å². The first-order valence-electron chi connectivity index (χ1n) is 24.6. The maximum Gasteiger partial charge on any atom is 0.339 e. The van der Waals surface area contributed by atoms with Crippen LogP contribution in [0.15, 0.2) is 47.1 Å². The number of nitrogens with one attached hydrogen (secondary N) is 2. The Hall–Kier alpha value is -3.17. The van der Waals surface area contributed by atoms with Crippen LogP contribution in [-0.4, -0.2) is 101 Å². The molecule has 13 nitrogen and oxygen atoms in total. The maximum absolute atomic E-state index is 15.6. The van der Waals surface area contributed by atoms with Gasteiger partial charge in [0.1, 0.15) is 30.2 Å². The first-order valence-corrected chi connectivity index (χ1v) is 24.6. The zero-order chi connectivity index (χ0) is 44.4. The molecule has 9 fully saturated rings. The largest absolute Gasteiger partial charge is 0.469 e. The van der Waals surface area contributed by atoms with Gasteiger partial charge in [-0.3, -0.25) is 9.59 Å². The molecular weight excluding hydrogens is 817 g/mol. The van der Waals surface area contributed by atoms with Crippen LogP contribution in [-0.2, 0) is 46.2 Å². The number of carbonyl (C=O) groups excluding carboxylic acids is 3. The highest BCUT2D eigenvalue weighted by Gasteiger charge is 2.93. The molecule has 0 radical (unpaired) electrons. The third-order valence-electron chi connectivity index (χ3n) is 19.3. The lowest BCUT2D eigenvalue weighted by Crippen LogP contribution is -2.79. The van der Waals surface area contributed by atoms with Crippen molar-refractivity contribution in [2.45, 2.75) is 152 Å². The quantitative estimate of drug-likeness (QED) is 0.159. The number of aliphatic hydroxyl groups excluding tert-OH is 3. The van der Waals surface area contributed by atoms with Gasteiger partial charge in [-0.15, -0.1) is 0 Å². The summed E-state index contributed by atoms with van der Waals surface area (Å²) in [4.78, 5) is 43.4. The van der Waals surface area contributed by atoms with Crippen LogP contribution in [0.4, 0.5) is 0 Å². The average Bonchev–Trinajstić information content (AvgIpc) is 3.54. The number of hydrogen-bond donors (Lipinski definition) is 5. The minimum atomic E-state index is -1.47. The first kappa shape index (κ1) is 43.4. The molecule has 1 aromatic carbocycles. The molecule has 13 heteroatoms. The first-order chi connectivity index (χ1) is 30.8. The summed E-state index contributed by atoms with van der Waals surface area (Å²) in [6.07, 6.45) is 6.44. The smallest absolute Gasteiger partial charge is 0.339 e. The van der Waals surface area contributed by atoms with Crippen molar-refractivity contribution in [2.24, 2.45) is 57.7 Å². The number of fused-ring (bicyclic) bond motifs is 1. The molecule has 1 aromatic heterocycles. The van der Waals surface area contributed by atoms with Gasteiger partial charge in [0.05, 0.1) is 43.0 Å². The van der Waals surface area contributed by atoms with E-state index in [1.54, 1.807) is 6.26 Å². The second-order valence-corrected chi connectivity index (χ2v) is 22.4. The summed E-state index contributed by atoms with van der Waals surface area (Å²) in [5.74, 6) is -1.17. The molecule has 2 spiro atoms. The topological polar surface area (TPSA) is 189 Å². The molecule has 9 aliphatic rings. The van der Waals surface area contributed by atoms with Gasteiger partial charge in [0.2, 0.25) is 0 Å². The number of aliphatic hydroxyl groups is 3. The van der Waals surface area contributed by atoms with Crippen molar-refractivity contribution >= 4 is 17.7 Å². The van der Waals surface area contributed by atoms with E-state index in [1.807, 2.05) is 26.0 Å². The van der Waals surface area contributed by atoms with Gasteiger partial charge in [-0.1, -0.05) is 50.1 Å². The number of furan rings is 1. The van der Waals surface area contributed by atoms with Crippen LogP contribution in [0.3, 0.4) is 0 Å². The molecule has 5 N–H and O–H groups in total. The normalized spacial score (nSPS) is 45.5. The lowest BCUT2D eigenvalue weighted by molar-refractivity contribution is -0.276. The van der Waals surface area contributed by atoms with Crippen LogP contribution < -0.4 is 10.6 Å². The molecule has 64 heavy (non-hydrogen) atoms. The Balaban J connectivity index is 0.997. The molecule has 0 bridgehead atoms. The number of ether oxygens (including phenoxy) is 4. The predicted octanol–water partition coefficient (Wildman–Crippen LogP) is 4.97. The molecule has 5 saturated heterocycles.